The summed E-state index contributed by atoms with van der Waals surface area (Å²) >= 11 is 0. The Morgan fingerprint density at radius 1 is 1.60 bits per heavy atom. The highest BCUT2D eigenvalue weighted by Crippen LogP contribution is 2.14. The van der Waals surface area contributed by atoms with Crippen LogP contribution in [0.25, 0.3) is 0 Å². The number of rotatable bonds is 4. The summed E-state index contributed by atoms with van der Waals surface area (Å²) in [4.78, 5) is 10.6. The fraction of sp³-hybridized carbons (Fsp3) is 0.364. The van der Waals surface area contributed by atoms with Gasteiger partial charge in [0.15, 0.2) is 0 Å². The SMILES string of the molecule is CC(F)Cc1cccc(C(N)C(=O)O)c1. The number of nitrogens with two attached hydrogens (primary N) is 1. The van der Waals surface area contributed by atoms with Crippen molar-refractivity contribution in [3.63, 3.8) is 0 Å². The van der Waals surface area contributed by atoms with E-state index in [0.717, 1.165) is 5.56 Å². The molecule has 0 bridgehead atoms. The minimum Gasteiger partial charge on any atom is -0.480 e. The molecule has 0 aliphatic rings. The minimum atomic E-state index is -1.08. The zero-order valence-electron chi connectivity index (χ0n) is 8.48. The molecular weight excluding hydrogens is 197 g/mol. The summed E-state index contributed by atoms with van der Waals surface area (Å²) in [6.07, 6.45) is -0.665. The van der Waals surface area contributed by atoms with Crippen LogP contribution in [0.3, 0.4) is 0 Å². The van der Waals surface area contributed by atoms with Gasteiger partial charge in [0.25, 0.3) is 0 Å². The summed E-state index contributed by atoms with van der Waals surface area (Å²) in [6.45, 7) is 1.46. The van der Waals surface area contributed by atoms with Gasteiger partial charge in [-0.3, -0.25) is 4.79 Å². The number of benzene rings is 1. The van der Waals surface area contributed by atoms with Crippen molar-refractivity contribution < 1.29 is 14.3 Å². The number of halogens is 1. The first-order valence-electron chi connectivity index (χ1n) is 4.72. The van der Waals surface area contributed by atoms with Crippen molar-refractivity contribution in [2.75, 3.05) is 0 Å². The Morgan fingerprint density at radius 2 is 2.27 bits per heavy atom. The van der Waals surface area contributed by atoms with E-state index in [2.05, 4.69) is 0 Å². The van der Waals surface area contributed by atoms with Crippen LogP contribution in [-0.2, 0) is 11.2 Å². The molecule has 3 N–H and O–H groups in total. The summed E-state index contributed by atoms with van der Waals surface area (Å²) in [5.74, 6) is -1.08. The van der Waals surface area contributed by atoms with Crippen molar-refractivity contribution in [2.45, 2.75) is 25.6 Å². The lowest BCUT2D eigenvalue weighted by atomic mass is 10.0. The molecular formula is C11H14FNO2. The number of hydrogen-bond donors (Lipinski definition) is 2. The van der Waals surface area contributed by atoms with Crippen LogP contribution in [-0.4, -0.2) is 17.2 Å². The Bertz CT molecular complexity index is 352. The van der Waals surface area contributed by atoms with Gasteiger partial charge >= 0.3 is 5.97 Å². The summed E-state index contributed by atoms with van der Waals surface area (Å²) < 4.78 is 12.7. The average molecular weight is 211 g/mol. The van der Waals surface area contributed by atoms with Gasteiger partial charge < -0.3 is 10.8 Å². The van der Waals surface area contributed by atoms with Crippen LogP contribution in [0.2, 0.25) is 0 Å². The molecule has 2 unspecified atom stereocenters. The quantitative estimate of drug-likeness (QED) is 0.796. The molecule has 4 heteroatoms. The zero-order valence-corrected chi connectivity index (χ0v) is 8.48. The monoisotopic (exact) mass is 211 g/mol. The molecule has 82 valence electrons. The van der Waals surface area contributed by atoms with Crippen molar-refractivity contribution in [3.05, 3.63) is 35.4 Å². The van der Waals surface area contributed by atoms with Crippen LogP contribution in [0.1, 0.15) is 24.1 Å². The molecule has 1 aromatic rings. The summed E-state index contributed by atoms with van der Waals surface area (Å²) in [5, 5.41) is 8.71. The van der Waals surface area contributed by atoms with E-state index in [4.69, 9.17) is 10.8 Å². The summed E-state index contributed by atoms with van der Waals surface area (Å²) in [5.41, 5.74) is 6.71. The van der Waals surface area contributed by atoms with Gasteiger partial charge in [-0.25, -0.2) is 4.39 Å². The van der Waals surface area contributed by atoms with E-state index in [1.165, 1.54) is 6.92 Å². The molecule has 0 aromatic heterocycles. The highest BCUT2D eigenvalue weighted by atomic mass is 19.1. The molecule has 0 saturated carbocycles. The number of aliphatic carboxylic acids is 1. The largest absolute Gasteiger partial charge is 0.480 e. The van der Waals surface area contributed by atoms with E-state index >= 15 is 0 Å². The third kappa shape index (κ3) is 3.32. The Labute approximate surface area is 87.7 Å². The van der Waals surface area contributed by atoms with Gasteiger partial charge in [0.05, 0.1) is 0 Å². The highest BCUT2D eigenvalue weighted by molar-refractivity contribution is 5.75. The van der Waals surface area contributed by atoms with Crippen molar-refractivity contribution >= 4 is 5.97 Å². The molecule has 0 aliphatic carbocycles. The molecule has 1 rings (SSSR count). The molecule has 0 saturated heterocycles. The van der Waals surface area contributed by atoms with E-state index in [1.54, 1.807) is 24.3 Å². The van der Waals surface area contributed by atoms with Gasteiger partial charge in [-0.15, -0.1) is 0 Å². The van der Waals surface area contributed by atoms with Crippen LogP contribution in [0.15, 0.2) is 24.3 Å². The number of alkyl halides is 1. The maximum Gasteiger partial charge on any atom is 0.325 e. The van der Waals surface area contributed by atoms with Gasteiger partial charge in [0, 0.05) is 6.42 Å². The number of carboxylic acids is 1. The Morgan fingerprint density at radius 3 is 2.80 bits per heavy atom. The fourth-order valence-electron chi connectivity index (χ4n) is 1.38. The Balaban J connectivity index is 2.87. The highest BCUT2D eigenvalue weighted by Gasteiger charge is 2.14. The normalized spacial score (nSPS) is 14.6. The summed E-state index contributed by atoms with van der Waals surface area (Å²) in [6, 6.07) is 5.67. The lowest BCUT2D eigenvalue weighted by Crippen LogP contribution is -2.20. The van der Waals surface area contributed by atoms with Gasteiger partial charge in [0.2, 0.25) is 0 Å². The first-order chi connectivity index (χ1) is 7.00. The second kappa shape index (κ2) is 4.89. The lowest BCUT2D eigenvalue weighted by Gasteiger charge is -2.09. The molecule has 2 atom stereocenters. The predicted molar refractivity (Wildman–Crippen MR) is 55.3 cm³/mol. The standard InChI is InChI=1S/C11H14FNO2/c1-7(12)5-8-3-2-4-9(6-8)10(13)11(14)15/h2-4,6-7,10H,5,13H2,1H3,(H,14,15). The molecule has 0 fully saturated rings. The molecule has 0 radical (unpaired) electrons. The molecule has 0 heterocycles. The second-order valence-electron chi connectivity index (χ2n) is 3.55. The van der Waals surface area contributed by atoms with Crippen molar-refractivity contribution in [3.8, 4) is 0 Å². The van der Waals surface area contributed by atoms with E-state index < -0.39 is 18.2 Å². The third-order valence-electron chi connectivity index (χ3n) is 2.09. The molecule has 1 aromatic carbocycles. The van der Waals surface area contributed by atoms with Gasteiger partial charge in [-0.05, 0) is 18.1 Å². The summed E-state index contributed by atoms with van der Waals surface area (Å²) in [7, 11) is 0. The topological polar surface area (TPSA) is 63.3 Å². The first kappa shape index (κ1) is 11.7. The van der Waals surface area contributed by atoms with E-state index in [9.17, 15) is 9.18 Å². The van der Waals surface area contributed by atoms with Gasteiger partial charge in [0.1, 0.15) is 12.2 Å². The maximum atomic E-state index is 12.7. The van der Waals surface area contributed by atoms with Crippen LogP contribution in [0.5, 0.6) is 0 Å². The van der Waals surface area contributed by atoms with Crippen LogP contribution in [0, 0.1) is 0 Å². The van der Waals surface area contributed by atoms with Crippen LogP contribution in [0.4, 0.5) is 4.39 Å². The second-order valence-corrected chi connectivity index (χ2v) is 3.55. The average Bonchev–Trinajstić information content (AvgIpc) is 2.16. The first-order valence-corrected chi connectivity index (χ1v) is 4.72. The predicted octanol–water partition coefficient (Wildman–Crippen LogP) is 1.67. The van der Waals surface area contributed by atoms with E-state index in [0.29, 0.717) is 5.56 Å². The molecule has 0 amide bonds. The van der Waals surface area contributed by atoms with E-state index in [-0.39, 0.29) is 6.42 Å². The van der Waals surface area contributed by atoms with Crippen LogP contribution < -0.4 is 5.73 Å². The maximum absolute atomic E-state index is 12.7. The van der Waals surface area contributed by atoms with Gasteiger partial charge in [-0.1, -0.05) is 24.3 Å². The Kier molecular flexibility index (Phi) is 3.80. The minimum absolute atomic E-state index is 0.278. The van der Waals surface area contributed by atoms with Crippen LogP contribution >= 0.6 is 0 Å². The van der Waals surface area contributed by atoms with Crippen molar-refractivity contribution in [2.24, 2.45) is 5.73 Å². The van der Waals surface area contributed by atoms with E-state index in [1.807, 2.05) is 0 Å². The number of carbonyl (C=O) groups is 1. The third-order valence-corrected chi connectivity index (χ3v) is 2.09. The van der Waals surface area contributed by atoms with Gasteiger partial charge in [-0.2, -0.15) is 0 Å². The lowest BCUT2D eigenvalue weighted by molar-refractivity contribution is -0.138. The molecule has 0 spiro atoms. The molecule has 0 aliphatic heterocycles. The Hall–Kier alpha value is -1.42. The fourth-order valence-corrected chi connectivity index (χ4v) is 1.38. The number of carboxylic acid groups (broad SMARTS) is 1. The number of hydrogen-bond acceptors (Lipinski definition) is 2. The molecule has 3 nitrogen and oxygen atoms in total. The molecule has 15 heavy (non-hydrogen) atoms. The smallest absolute Gasteiger partial charge is 0.325 e. The zero-order chi connectivity index (χ0) is 11.4. The van der Waals surface area contributed by atoms with Crippen molar-refractivity contribution in [1.82, 2.24) is 0 Å². The van der Waals surface area contributed by atoms with Crippen molar-refractivity contribution in [1.29, 1.82) is 0 Å².